The van der Waals surface area contributed by atoms with Gasteiger partial charge in [0, 0.05) is 58.8 Å². The van der Waals surface area contributed by atoms with Crippen molar-refractivity contribution in [3.63, 3.8) is 0 Å². The zero-order chi connectivity index (χ0) is 23.1. The third-order valence-corrected chi connectivity index (χ3v) is 4.86. The van der Waals surface area contributed by atoms with E-state index in [-0.39, 0.29) is 0 Å². The molecule has 0 spiro atoms. The highest BCUT2D eigenvalue weighted by atomic mass is 14.9. The lowest BCUT2D eigenvalue weighted by Gasteiger charge is -2.18. The lowest BCUT2D eigenvalue weighted by Crippen LogP contribution is -1.87. The molecule has 0 atom stereocenters. The van der Waals surface area contributed by atoms with E-state index in [1.807, 2.05) is 65.8 Å². The Morgan fingerprint density at radius 1 is 0.375 bits per heavy atom. The number of hydrogen-bond acceptors (Lipinski definition) is 6. The Labute approximate surface area is 189 Å². The fourth-order valence-electron chi connectivity index (χ4n) is 3.88. The van der Waals surface area contributed by atoms with Crippen molar-refractivity contribution in [2.75, 3.05) is 0 Å². The Hall–Kier alpha value is -3.80. The molecule has 0 radical (unpaired) electrons. The first-order valence-electron chi connectivity index (χ1n) is 10.7. The van der Waals surface area contributed by atoms with Gasteiger partial charge >= 0.3 is 0 Å². The van der Waals surface area contributed by atoms with E-state index in [9.17, 15) is 0 Å². The van der Waals surface area contributed by atoms with Crippen LogP contribution in [0, 0.1) is 0 Å². The molecule has 0 aliphatic carbocycles. The van der Waals surface area contributed by atoms with E-state index >= 15 is 0 Å². The minimum atomic E-state index is 0.743. The summed E-state index contributed by atoms with van der Waals surface area (Å²) in [6, 6.07) is 7.92. The van der Waals surface area contributed by atoms with Gasteiger partial charge in [-0.2, -0.15) is 0 Å². The van der Waals surface area contributed by atoms with Crippen molar-refractivity contribution >= 4 is 93.0 Å². The van der Waals surface area contributed by atoms with E-state index in [0.29, 0.717) is 0 Å². The molecule has 6 heteroatoms. The highest BCUT2D eigenvalue weighted by Gasteiger charge is 2.22. The molecule has 3 aromatic carbocycles. The van der Waals surface area contributed by atoms with Crippen molar-refractivity contribution in [2.45, 2.75) is 41.5 Å². The van der Waals surface area contributed by atoms with Gasteiger partial charge in [0.05, 0.1) is 34.1 Å². The van der Waals surface area contributed by atoms with Crippen molar-refractivity contribution in [2.24, 2.45) is 30.0 Å². The number of nitrogens with zero attached hydrogens (tertiary/aromatic N) is 6. The number of benzene rings is 3. The Bertz CT molecular complexity index is 1220. The van der Waals surface area contributed by atoms with Crippen LogP contribution in [0.1, 0.15) is 41.5 Å². The van der Waals surface area contributed by atoms with Crippen molar-refractivity contribution in [1.82, 2.24) is 0 Å². The van der Waals surface area contributed by atoms with E-state index in [1.54, 1.807) is 37.3 Å². The van der Waals surface area contributed by atoms with E-state index in [1.165, 1.54) is 0 Å². The number of fused-ring (bicyclic) bond motifs is 3. The first kappa shape index (κ1) is 22.9. The van der Waals surface area contributed by atoms with Gasteiger partial charge in [-0.3, -0.25) is 30.0 Å². The fraction of sp³-hybridized carbons (Fsp3) is 0.231. The van der Waals surface area contributed by atoms with Crippen LogP contribution in [0.15, 0.2) is 54.2 Å². The molecule has 0 fully saturated rings. The summed E-state index contributed by atoms with van der Waals surface area (Å²) in [4.78, 5) is 28.2. The molecule has 0 N–H and O–H groups in total. The molecule has 0 amide bonds. The maximum absolute atomic E-state index is 4.77. The standard InChI is InChI=1S/C26H28N6/c1-7-27-17-13-15-19(29-9-3)23-21(17)22-18(28-8-2)14-16-20(30-10-4)24(22)26(32-12-6)25(23)31-11-5/h7-16H,1-6H3. The van der Waals surface area contributed by atoms with Gasteiger partial charge in [0.1, 0.15) is 0 Å². The van der Waals surface area contributed by atoms with E-state index in [2.05, 4.69) is 20.0 Å². The first-order valence-corrected chi connectivity index (χ1v) is 10.7. The monoisotopic (exact) mass is 424 g/mol. The molecule has 0 saturated carbocycles. The molecule has 3 rings (SSSR count). The fourth-order valence-corrected chi connectivity index (χ4v) is 3.88. The molecule has 162 valence electrons. The minimum Gasteiger partial charge on any atom is -0.261 e. The molecule has 0 aliphatic heterocycles. The van der Waals surface area contributed by atoms with Gasteiger partial charge in [0.25, 0.3) is 0 Å². The molecule has 0 unspecified atom stereocenters. The minimum absolute atomic E-state index is 0.743. The lowest BCUT2D eigenvalue weighted by atomic mass is 9.93. The predicted molar refractivity (Wildman–Crippen MR) is 144 cm³/mol. The number of hydrogen-bond donors (Lipinski definition) is 0. The van der Waals surface area contributed by atoms with Gasteiger partial charge < -0.3 is 0 Å². The average Bonchev–Trinajstić information content (AvgIpc) is 2.79. The summed E-state index contributed by atoms with van der Waals surface area (Å²) in [5.74, 6) is 0. The van der Waals surface area contributed by atoms with E-state index in [0.717, 1.165) is 55.7 Å². The largest absolute Gasteiger partial charge is 0.261 e. The number of rotatable bonds is 6. The van der Waals surface area contributed by atoms with Crippen molar-refractivity contribution < 1.29 is 0 Å². The zero-order valence-corrected chi connectivity index (χ0v) is 19.5. The van der Waals surface area contributed by atoms with Gasteiger partial charge in [0.15, 0.2) is 0 Å². The van der Waals surface area contributed by atoms with Crippen LogP contribution in [0.5, 0.6) is 0 Å². The summed E-state index contributed by atoms with van der Waals surface area (Å²) >= 11 is 0. The summed E-state index contributed by atoms with van der Waals surface area (Å²) in [7, 11) is 0. The molecule has 0 aliphatic rings. The van der Waals surface area contributed by atoms with Crippen LogP contribution in [0.3, 0.4) is 0 Å². The molecule has 0 bridgehead atoms. The molecule has 32 heavy (non-hydrogen) atoms. The molecule has 3 aromatic rings. The highest BCUT2D eigenvalue weighted by Crippen LogP contribution is 2.54. The van der Waals surface area contributed by atoms with Gasteiger partial charge in [-0.1, -0.05) is 0 Å². The second kappa shape index (κ2) is 10.5. The highest BCUT2D eigenvalue weighted by molar-refractivity contribution is 6.30. The van der Waals surface area contributed by atoms with Crippen molar-refractivity contribution in [3.05, 3.63) is 24.3 Å². The molecule has 0 aromatic heterocycles. The van der Waals surface area contributed by atoms with Crippen molar-refractivity contribution in [1.29, 1.82) is 0 Å². The van der Waals surface area contributed by atoms with Gasteiger partial charge in [-0.25, -0.2) is 0 Å². The van der Waals surface area contributed by atoms with Crippen molar-refractivity contribution in [3.8, 4) is 0 Å². The van der Waals surface area contributed by atoms with Crippen LogP contribution < -0.4 is 0 Å². The van der Waals surface area contributed by atoms with E-state index in [4.69, 9.17) is 9.98 Å². The summed E-state index contributed by atoms with van der Waals surface area (Å²) in [6.45, 7) is 11.4. The van der Waals surface area contributed by atoms with E-state index < -0.39 is 0 Å². The molecule has 6 nitrogen and oxygen atoms in total. The van der Waals surface area contributed by atoms with Crippen LogP contribution in [0.2, 0.25) is 0 Å². The summed E-state index contributed by atoms with van der Waals surface area (Å²) < 4.78 is 0. The summed E-state index contributed by atoms with van der Waals surface area (Å²) in [5.41, 5.74) is 4.76. The average molecular weight is 425 g/mol. The Morgan fingerprint density at radius 2 is 0.625 bits per heavy atom. The quantitative estimate of drug-likeness (QED) is 0.282. The third-order valence-electron chi connectivity index (χ3n) is 4.86. The third kappa shape index (κ3) is 4.04. The smallest absolute Gasteiger partial charge is 0.0990 e. The predicted octanol–water partition coefficient (Wildman–Crippen LogP) is 8.33. The maximum Gasteiger partial charge on any atom is 0.0990 e. The second-order valence-corrected chi connectivity index (χ2v) is 6.73. The van der Waals surface area contributed by atoms with Crippen LogP contribution >= 0.6 is 0 Å². The number of aliphatic imine (C=N–C) groups is 6. The zero-order valence-electron chi connectivity index (χ0n) is 19.5. The molecule has 0 heterocycles. The summed E-state index contributed by atoms with van der Waals surface area (Å²) in [5, 5.41) is 3.65. The van der Waals surface area contributed by atoms with Crippen LogP contribution in [0.4, 0.5) is 34.1 Å². The van der Waals surface area contributed by atoms with Gasteiger partial charge in [0.2, 0.25) is 0 Å². The SMILES string of the molecule is CC=Nc1ccc(N=CC)c2c1c(N=CC)c(N=CC)c1c(N=CC)ccc(N=CC)c12. The second-order valence-electron chi connectivity index (χ2n) is 6.73. The van der Waals surface area contributed by atoms with Crippen LogP contribution in [0.25, 0.3) is 21.5 Å². The Balaban J connectivity index is 2.89. The normalized spacial score (nSPS) is 13.2. The lowest BCUT2D eigenvalue weighted by molar-refractivity contribution is 1.46. The molecule has 0 saturated heterocycles. The Morgan fingerprint density at radius 3 is 0.875 bits per heavy atom. The van der Waals surface area contributed by atoms with Crippen LogP contribution in [-0.2, 0) is 0 Å². The molecular formula is C26H28N6. The van der Waals surface area contributed by atoms with Crippen LogP contribution in [-0.4, -0.2) is 37.3 Å². The molecular weight excluding hydrogens is 396 g/mol. The first-order chi connectivity index (χ1) is 15.7. The van der Waals surface area contributed by atoms with Gasteiger partial charge in [-0.15, -0.1) is 0 Å². The summed E-state index contributed by atoms with van der Waals surface area (Å²) in [6.07, 6.45) is 10.7. The topological polar surface area (TPSA) is 74.2 Å². The Kier molecular flexibility index (Phi) is 7.49. The van der Waals surface area contributed by atoms with Gasteiger partial charge in [-0.05, 0) is 65.8 Å². The maximum atomic E-state index is 4.77.